The normalized spacial score (nSPS) is 23.1. The zero-order valence-electron chi connectivity index (χ0n) is 11.3. The van der Waals surface area contributed by atoms with E-state index in [1.807, 2.05) is 0 Å². The Kier molecular flexibility index (Phi) is 3.72. The molecule has 0 spiro atoms. The van der Waals surface area contributed by atoms with Gasteiger partial charge in [-0.3, -0.25) is 0 Å². The molecule has 0 saturated carbocycles. The Bertz CT molecular complexity index is 400. The van der Waals surface area contributed by atoms with Gasteiger partial charge < -0.3 is 10.1 Å². The number of rotatable bonds is 3. The zero-order chi connectivity index (χ0) is 12.4. The molecule has 2 rings (SSSR count). The number of aryl methyl sites for hydroxylation is 2. The van der Waals surface area contributed by atoms with Crippen molar-refractivity contribution in [3.05, 3.63) is 28.8 Å². The Hall–Kier alpha value is -1.02. The molecule has 17 heavy (non-hydrogen) atoms. The van der Waals surface area contributed by atoms with Gasteiger partial charge in [0.25, 0.3) is 0 Å². The van der Waals surface area contributed by atoms with Gasteiger partial charge in [0.1, 0.15) is 5.75 Å². The Morgan fingerprint density at radius 2 is 2.00 bits per heavy atom. The molecule has 1 aromatic carbocycles. The predicted molar refractivity (Wildman–Crippen MR) is 71.6 cm³/mol. The van der Waals surface area contributed by atoms with E-state index in [2.05, 4.69) is 45.1 Å². The third-order valence-corrected chi connectivity index (χ3v) is 3.65. The topological polar surface area (TPSA) is 21.3 Å². The average Bonchev–Trinajstić information content (AvgIpc) is 2.30. The summed E-state index contributed by atoms with van der Waals surface area (Å²) in [7, 11) is 0. The molecule has 0 radical (unpaired) electrons. The first-order valence-electron chi connectivity index (χ1n) is 6.60. The molecule has 0 aliphatic carbocycles. The maximum atomic E-state index is 5.84. The highest BCUT2D eigenvalue weighted by molar-refractivity contribution is 5.44. The maximum Gasteiger partial charge on any atom is 0.124 e. The van der Waals surface area contributed by atoms with Crippen LogP contribution in [0.25, 0.3) is 0 Å². The second-order valence-electron chi connectivity index (χ2n) is 5.19. The minimum absolute atomic E-state index is 0.443. The first kappa shape index (κ1) is 12.4. The standard InChI is InChI=1S/C15H23NO/c1-5-6-16-15-12(4)9-17-14-8-11(3)10(2)7-13(14)15/h7-8,12,15-16H,5-6,9H2,1-4H3. The van der Waals surface area contributed by atoms with E-state index in [0.29, 0.717) is 12.0 Å². The van der Waals surface area contributed by atoms with Crippen LogP contribution in [0.15, 0.2) is 12.1 Å². The summed E-state index contributed by atoms with van der Waals surface area (Å²) in [4.78, 5) is 0. The van der Waals surface area contributed by atoms with Crippen molar-refractivity contribution >= 4 is 0 Å². The highest BCUT2D eigenvalue weighted by Crippen LogP contribution is 2.36. The summed E-state index contributed by atoms with van der Waals surface area (Å²) in [6, 6.07) is 4.91. The van der Waals surface area contributed by atoms with Crippen molar-refractivity contribution < 1.29 is 4.74 Å². The monoisotopic (exact) mass is 233 g/mol. The van der Waals surface area contributed by atoms with E-state index in [1.54, 1.807) is 0 Å². The van der Waals surface area contributed by atoms with Crippen molar-refractivity contribution in [1.82, 2.24) is 5.32 Å². The first-order valence-corrected chi connectivity index (χ1v) is 6.60. The van der Waals surface area contributed by atoms with E-state index in [9.17, 15) is 0 Å². The van der Waals surface area contributed by atoms with Gasteiger partial charge in [0.2, 0.25) is 0 Å². The number of hydrogen-bond acceptors (Lipinski definition) is 2. The summed E-state index contributed by atoms with van der Waals surface area (Å²) in [5, 5.41) is 3.64. The van der Waals surface area contributed by atoms with Crippen molar-refractivity contribution in [2.75, 3.05) is 13.2 Å². The molecule has 94 valence electrons. The van der Waals surface area contributed by atoms with Crippen LogP contribution in [0.2, 0.25) is 0 Å². The lowest BCUT2D eigenvalue weighted by molar-refractivity contribution is 0.188. The molecule has 0 bridgehead atoms. The van der Waals surface area contributed by atoms with Crippen LogP contribution in [-0.4, -0.2) is 13.2 Å². The van der Waals surface area contributed by atoms with Crippen LogP contribution < -0.4 is 10.1 Å². The molecule has 2 atom stereocenters. The van der Waals surface area contributed by atoms with Crippen molar-refractivity contribution in [3.63, 3.8) is 0 Å². The molecule has 2 nitrogen and oxygen atoms in total. The van der Waals surface area contributed by atoms with Gasteiger partial charge in [-0.1, -0.05) is 19.9 Å². The van der Waals surface area contributed by atoms with E-state index in [1.165, 1.54) is 23.1 Å². The fourth-order valence-corrected chi connectivity index (χ4v) is 2.42. The predicted octanol–water partition coefficient (Wildman–Crippen LogP) is 3.37. The quantitative estimate of drug-likeness (QED) is 0.864. The Morgan fingerprint density at radius 1 is 1.29 bits per heavy atom. The highest BCUT2D eigenvalue weighted by Gasteiger charge is 2.27. The van der Waals surface area contributed by atoms with Gasteiger partial charge in [-0.05, 0) is 44.0 Å². The van der Waals surface area contributed by atoms with Gasteiger partial charge in [-0.25, -0.2) is 0 Å². The molecule has 0 saturated heterocycles. The van der Waals surface area contributed by atoms with E-state index in [4.69, 9.17) is 4.74 Å². The fourth-order valence-electron chi connectivity index (χ4n) is 2.42. The summed E-state index contributed by atoms with van der Waals surface area (Å²) in [6.07, 6.45) is 1.17. The maximum absolute atomic E-state index is 5.84. The molecule has 0 amide bonds. The molecule has 1 N–H and O–H groups in total. The number of benzene rings is 1. The summed E-state index contributed by atoms with van der Waals surface area (Å²) < 4.78 is 5.84. The molecular formula is C15H23NO. The minimum Gasteiger partial charge on any atom is -0.493 e. The van der Waals surface area contributed by atoms with E-state index < -0.39 is 0 Å². The molecule has 0 fully saturated rings. The van der Waals surface area contributed by atoms with Gasteiger partial charge in [0, 0.05) is 17.5 Å². The van der Waals surface area contributed by atoms with Crippen LogP contribution in [0.5, 0.6) is 5.75 Å². The average molecular weight is 233 g/mol. The highest BCUT2D eigenvalue weighted by atomic mass is 16.5. The van der Waals surface area contributed by atoms with Gasteiger partial charge >= 0.3 is 0 Å². The molecule has 1 aliphatic rings. The molecule has 2 heteroatoms. The van der Waals surface area contributed by atoms with Crippen molar-refractivity contribution in [3.8, 4) is 5.75 Å². The second-order valence-corrected chi connectivity index (χ2v) is 5.19. The lowest BCUT2D eigenvalue weighted by Gasteiger charge is -2.33. The summed E-state index contributed by atoms with van der Waals surface area (Å²) in [5.74, 6) is 1.61. The van der Waals surface area contributed by atoms with Gasteiger partial charge in [-0.2, -0.15) is 0 Å². The largest absolute Gasteiger partial charge is 0.493 e. The Morgan fingerprint density at radius 3 is 2.71 bits per heavy atom. The number of ether oxygens (including phenoxy) is 1. The minimum atomic E-state index is 0.443. The second kappa shape index (κ2) is 5.09. The van der Waals surface area contributed by atoms with E-state index in [0.717, 1.165) is 18.9 Å². The molecule has 1 aromatic rings. The lowest BCUT2D eigenvalue weighted by atomic mass is 9.89. The Labute approximate surface area is 104 Å². The van der Waals surface area contributed by atoms with Gasteiger partial charge in [0.05, 0.1) is 6.61 Å². The third-order valence-electron chi connectivity index (χ3n) is 3.65. The number of fused-ring (bicyclic) bond motifs is 1. The van der Waals surface area contributed by atoms with Crippen molar-refractivity contribution in [2.45, 2.75) is 40.2 Å². The van der Waals surface area contributed by atoms with Crippen molar-refractivity contribution in [1.29, 1.82) is 0 Å². The molecule has 1 aliphatic heterocycles. The molecular weight excluding hydrogens is 210 g/mol. The van der Waals surface area contributed by atoms with Gasteiger partial charge in [0.15, 0.2) is 0 Å². The smallest absolute Gasteiger partial charge is 0.124 e. The van der Waals surface area contributed by atoms with E-state index in [-0.39, 0.29) is 0 Å². The summed E-state index contributed by atoms with van der Waals surface area (Å²) in [5.41, 5.74) is 4.00. The lowest BCUT2D eigenvalue weighted by Crippen LogP contribution is -2.34. The van der Waals surface area contributed by atoms with Crippen LogP contribution in [0, 0.1) is 19.8 Å². The zero-order valence-corrected chi connectivity index (χ0v) is 11.3. The van der Waals surface area contributed by atoms with Crippen molar-refractivity contribution in [2.24, 2.45) is 5.92 Å². The third kappa shape index (κ3) is 2.47. The molecule has 1 heterocycles. The fraction of sp³-hybridized carbons (Fsp3) is 0.600. The van der Waals surface area contributed by atoms with Crippen LogP contribution in [0.3, 0.4) is 0 Å². The molecule has 2 unspecified atom stereocenters. The Balaban J connectivity index is 2.33. The molecule has 0 aromatic heterocycles. The SMILES string of the molecule is CCCNC1c2cc(C)c(C)cc2OCC1C. The van der Waals surface area contributed by atoms with Crippen LogP contribution in [0.1, 0.15) is 43.0 Å². The number of nitrogens with one attached hydrogen (secondary N) is 1. The number of hydrogen-bond donors (Lipinski definition) is 1. The summed E-state index contributed by atoms with van der Waals surface area (Å²) >= 11 is 0. The van der Waals surface area contributed by atoms with E-state index >= 15 is 0 Å². The van der Waals surface area contributed by atoms with Crippen LogP contribution >= 0.6 is 0 Å². The van der Waals surface area contributed by atoms with Crippen LogP contribution in [-0.2, 0) is 0 Å². The summed E-state index contributed by atoms with van der Waals surface area (Å²) in [6.45, 7) is 10.7. The van der Waals surface area contributed by atoms with Gasteiger partial charge in [-0.15, -0.1) is 0 Å². The van der Waals surface area contributed by atoms with Crippen LogP contribution in [0.4, 0.5) is 0 Å². The first-order chi connectivity index (χ1) is 8.13.